The van der Waals surface area contributed by atoms with E-state index in [1.165, 1.54) is 27.8 Å². The third kappa shape index (κ3) is 8.42. The van der Waals surface area contributed by atoms with Crippen LogP contribution in [0.3, 0.4) is 0 Å². The molecule has 0 atom stereocenters. The van der Waals surface area contributed by atoms with Gasteiger partial charge in [-0.3, -0.25) is 0 Å². The molecule has 6 aromatic rings. The number of hydrogen-bond acceptors (Lipinski definition) is 10. The largest absolute Gasteiger partial charge is 1.00 e. The zero-order valence-electron chi connectivity index (χ0n) is 24.6. The minimum absolute atomic E-state index is 0. The van der Waals surface area contributed by atoms with Gasteiger partial charge in [-0.25, -0.2) is 8.42 Å². The van der Waals surface area contributed by atoms with Crippen molar-refractivity contribution >= 4 is 35.2 Å². The fourth-order valence-electron chi connectivity index (χ4n) is 4.35. The quantitative estimate of drug-likeness (QED) is 0.0418. The second kappa shape index (κ2) is 16.1. The molecule has 220 valence electrons. The summed E-state index contributed by atoms with van der Waals surface area (Å²) in [5.74, 6) is 0.188. The molecular formula is C30H22N6Na2O6S2+2. The van der Waals surface area contributed by atoms with Gasteiger partial charge in [0.15, 0.2) is 18.7 Å². The molecule has 0 aliphatic heterocycles. The average Bonchev–Trinajstić information content (AvgIpc) is 3.75. The molecule has 0 bridgehead atoms. The first-order chi connectivity index (χ1) is 21.4. The molecular weight excluding hydrogens is 650 g/mol. The van der Waals surface area contributed by atoms with Gasteiger partial charge in [0.25, 0.3) is 0 Å². The predicted molar refractivity (Wildman–Crippen MR) is 163 cm³/mol. The average molecular weight is 673 g/mol. The Kier molecular flexibility index (Phi) is 12.5. The summed E-state index contributed by atoms with van der Waals surface area (Å²) < 4.78 is 41.2. The Balaban J connectivity index is 0.00000240. The smallest absolute Gasteiger partial charge is 0.744 e. The van der Waals surface area contributed by atoms with Gasteiger partial charge in [0.05, 0.1) is 28.7 Å². The molecule has 12 nitrogen and oxygen atoms in total. The number of nitrogens with zero attached hydrogens (tertiary/aromatic N) is 6. The summed E-state index contributed by atoms with van der Waals surface area (Å²) in [5.41, 5.74) is 4.47. The van der Waals surface area contributed by atoms with E-state index in [-0.39, 0.29) is 70.4 Å². The van der Waals surface area contributed by atoms with Gasteiger partial charge in [0.2, 0.25) is 0 Å². The van der Waals surface area contributed by atoms with Crippen molar-refractivity contribution in [3.05, 3.63) is 121 Å². The third-order valence-electron chi connectivity index (χ3n) is 6.45. The molecule has 4 aromatic carbocycles. The van der Waals surface area contributed by atoms with E-state index in [1.54, 1.807) is 42.7 Å². The summed E-state index contributed by atoms with van der Waals surface area (Å²) in [6, 6.07) is 28.3. The number of aromatic nitrogens is 6. The van der Waals surface area contributed by atoms with Crippen molar-refractivity contribution in [2.24, 2.45) is 0 Å². The maximum absolute atomic E-state index is 12.3. The first kappa shape index (κ1) is 35.7. The Hall–Kier alpha value is -3.12. The van der Waals surface area contributed by atoms with E-state index in [1.807, 2.05) is 60.7 Å². The van der Waals surface area contributed by atoms with Gasteiger partial charge in [-0.1, -0.05) is 78.9 Å². The van der Waals surface area contributed by atoms with Gasteiger partial charge in [0, 0.05) is 32.1 Å². The predicted octanol–water partition coefficient (Wildman–Crippen LogP) is -1.57. The molecule has 0 amide bonds. The van der Waals surface area contributed by atoms with Crippen LogP contribution >= 0.6 is 0 Å². The molecule has 0 spiro atoms. The topological polar surface area (TPSA) is 146 Å². The molecule has 0 aliphatic carbocycles. The Labute approximate surface area is 313 Å². The molecule has 0 aliphatic rings. The van der Waals surface area contributed by atoms with E-state index in [4.69, 9.17) is 4.89 Å². The third-order valence-corrected chi connectivity index (χ3v) is 7.41. The van der Waals surface area contributed by atoms with Crippen LogP contribution in [0.5, 0.6) is 5.75 Å². The van der Waals surface area contributed by atoms with Crippen molar-refractivity contribution in [2.75, 3.05) is 0 Å². The molecule has 46 heavy (non-hydrogen) atoms. The Morgan fingerprint density at radius 1 is 0.696 bits per heavy atom. The van der Waals surface area contributed by atoms with Crippen molar-refractivity contribution in [1.82, 2.24) is 30.0 Å². The molecule has 0 unspecified atom stereocenters. The summed E-state index contributed by atoms with van der Waals surface area (Å²) in [6.07, 6.45) is 6.22. The van der Waals surface area contributed by atoms with Crippen molar-refractivity contribution < 1.29 is 86.3 Å². The number of hydrogen-bond donors (Lipinski definition) is 0. The van der Waals surface area contributed by atoms with E-state index >= 15 is 0 Å². The zero-order chi connectivity index (χ0) is 30.5. The second-order valence-corrected chi connectivity index (χ2v) is 10.8. The van der Waals surface area contributed by atoms with Crippen LogP contribution in [-0.2, 0) is 32.4 Å². The SMILES string of the molecule is O=S(=O)([O-])c1cc(-n2ncc(-c3ccccc3)n2)ccc1C=Cc1ccc(-n2ncc(-c3ccccc3)n2)cc1OOO[SH2+].[Na+].[Na+]. The number of benzene rings is 4. The van der Waals surface area contributed by atoms with Crippen molar-refractivity contribution in [1.29, 1.82) is 0 Å². The summed E-state index contributed by atoms with van der Waals surface area (Å²) in [4.78, 5) is 7.49. The standard InChI is InChI=1S/C30H22N6O6S2.2Na/c37-44(38,39)30-18-26(36-32-20-28(34-36)22-9-5-2-6-10-22)16-14-24(30)12-11-23-13-15-25(17-29(23)40-41-42-43)35-31-19-27(33-35)21-7-3-1-4-8-21;;/h1-20,43H,(H,37,38,39);;/q;2*+1. The Morgan fingerprint density at radius 3 is 1.72 bits per heavy atom. The maximum Gasteiger partial charge on any atom is 1.00 e. The summed E-state index contributed by atoms with van der Waals surface area (Å²) in [6.45, 7) is 0. The summed E-state index contributed by atoms with van der Waals surface area (Å²) in [5, 5.41) is 22.1. The van der Waals surface area contributed by atoms with E-state index in [9.17, 15) is 13.0 Å². The van der Waals surface area contributed by atoms with E-state index in [0.29, 0.717) is 28.3 Å². The second-order valence-electron chi connectivity index (χ2n) is 9.24. The monoisotopic (exact) mass is 672 g/mol. The van der Waals surface area contributed by atoms with Crippen LogP contribution in [0.1, 0.15) is 11.1 Å². The summed E-state index contributed by atoms with van der Waals surface area (Å²) >= 11 is 2.71. The molecule has 2 aromatic heterocycles. The van der Waals surface area contributed by atoms with E-state index in [0.717, 1.165) is 11.1 Å². The molecule has 2 heterocycles. The van der Waals surface area contributed by atoms with Crippen molar-refractivity contribution in [2.45, 2.75) is 4.90 Å². The van der Waals surface area contributed by atoms with Crippen LogP contribution in [0.4, 0.5) is 0 Å². The Morgan fingerprint density at radius 2 is 1.20 bits per heavy atom. The van der Waals surface area contributed by atoms with Gasteiger partial charge in [-0.15, -0.1) is 10.2 Å². The summed E-state index contributed by atoms with van der Waals surface area (Å²) in [7, 11) is -4.87. The number of rotatable bonds is 10. The van der Waals surface area contributed by atoms with Gasteiger partial charge in [-0.2, -0.15) is 19.8 Å². The van der Waals surface area contributed by atoms with Crippen molar-refractivity contribution in [3.8, 4) is 39.6 Å². The molecule has 0 saturated carbocycles. The van der Waals surface area contributed by atoms with Crippen LogP contribution in [0, 0.1) is 0 Å². The van der Waals surface area contributed by atoms with Crippen LogP contribution < -0.4 is 64.0 Å². The Bertz CT molecular complexity index is 2060. The van der Waals surface area contributed by atoms with Gasteiger partial charge < -0.3 is 9.44 Å². The molecule has 0 saturated heterocycles. The zero-order valence-corrected chi connectivity index (χ0v) is 30.4. The molecule has 0 fully saturated rings. The van der Waals surface area contributed by atoms with Crippen molar-refractivity contribution in [3.63, 3.8) is 0 Å². The molecule has 0 radical (unpaired) electrons. The fourth-order valence-corrected chi connectivity index (χ4v) is 5.07. The van der Waals surface area contributed by atoms with Crippen LogP contribution in [0.25, 0.3) is 46.0 Å². The van der Waals surface area contributed by atoms with Crippen LogP contribution in [0.15, 0.2) is 114 Å². The minimum atomic E-state index is -4.87. The first-order valence-electron chi connectivity index (χ1n) is 12.9. The van der Waals surface area contributed by atoms with E-state index < -0.39 is 15.0 Å². The normalized spacial score (nSPS) is 11.2. The maximum atomic E-state index is 12.3. The van der Waals surface area contributed by atoms with Gasteiger partial charge >= 0.3 is 59.1 Å². The molecule has 6 rings (SSSR count). The first-order valence-corrected chi connectivity index (χ1v) is 14.8. The van der Waals surface area contributed by atoms with Gasteiger partial charge in [-0.05, 0) is 29.8 Å². The van der Waals surface area contributed by atoms with Crippen LogP contribution in [0.2, 0.25) is 0 Å². The van der Waals surface area contributed by atoms with Gasteiger partial charge in [0.1, 0.15) is 21.5 Å². The minimum Gasteiger partial charge on any atom is -0.744 e. The van der Waals surface area contributed by atoms with E-state index in [2.05, 4.69) is 42.7 Å². The molecule has 16 heteroatoms. The van der Waals surface area contributed by atoms with Crippen LogP contribution in [-0.4, -0.2) is 43.0 Å². The molecule has 0 N–H and O–H groups in total. The fraction of sp³-hybridized carbons (Fsp3) is 0.